The summed E-state index contributed by atoms with van der Waals surface area (Å²) in [6, 6.07) is 0.512. The van der Waals surface area contributed by atoms with Crippen LogP contribution in [0.1, 0.15) is 19.8 Å². The van der Waals surface area contributed by atoms with Crippen LogP contribution in [0.2, 0.25) is 0 Å². The second kappa shape index (κ2) is 6.98. The van der Waals surface area contributed by atoms with Crippen molar-refractivity contribution in [2.24, 2.45) is 0 Å². The van der Waals surface area contributed by atoms with Crippen LogP contribution in [0.5, 0.6) is 0 Å². The second-order valence-electron chi connectivity index (χ2n) is 3.61. The van der Waals surface area contributed by atoms with Crippen molar-refractivity contribution in [1.29, 1.82) is 0 Å². The molecular formula is C11H21NO2. The molecule has 2 unspecified atom stereocenters. The third-order valence-corrected chi connectivity index (χ3v) is 2.50. The first kappa shape index (κ1) is 11.7. The van der Waals surface area contributed by atoms with Gasteiger partial charge in [0, 0.05) is 19.2 Å². The maximum atomic E-state index is 5.44. The fourth-order valence-corrected chi connectivity index (χ4v) is 1.59. The van der Waals surface area contributed by atoms with E-state index in [4.69, 9.17) is 9.47 Å². The Morgan fingerprint density at radius 1 is 1.57 bits per heavy atom. The third-order valence-electron chi connectivity index (χ3n) is 2.50. The minimum absolute atomic E-state index is 0.350. The topological polar surface area (TPSA) is 30.5 Å². The highest BCUT2D eigenvalue weighted by molar-refractivity contribution is 4.78. The molecule has 3 heteroatoms. The van der Waals surface area contributed by atoms with Gasteiger partial charge in [-0.05, 0) is 19.8 Å². The summed E-state index contributed by atoms with van der Waals surface area (Å²) in [4.78, 5) is 0. The predicted octanol–water partition coefficient (Wildman–Crippen LogP) is 1.35. The molecule has 0 bridgehead atoms. The molecular weight excluding hydrogens is 178 g/mol. The van der Waals surface area contributed by atoms with Crippen molar-refractivity contribution in [3.05, 3.63) is 12.7 Å². The normalized spacial score (nSPS) is 26.6. The first-order valence-electron chi connectivity index (χ1n) is 5.38. The van der Waals surface area contributed by atoms with Gasteiger partial charge in [0.05, 0.1) is 19.3 Å². The number of hydrogen-bond acceptors (Lipinski definition) is 3. The summed E-state index contributed by atoms with van der Waals surface area (Å²) in [6.07, 6.45) is 4.28. The van der Waals surface area contributed by atoms with Crippen molar-refractivity contribution < 1.29 is 9.47 Å². The number of rotatable bonds is 7. The Morgan fingerprint density at radius 3 is 3.07 bits per heavy atom. The van der Waals surface area contributed by atoms with E-state index in [-0.39, 0.29) is 0 Å². The molecule has 0 radical (unpaired) electrons. The van der Waals surface area contributed by atoms with Gasteiger partial charge >= 0.3 is 0 Å². The minimum atomic E-state index is 0.350. The highest BCUT2D eigenvalue weighted by Gasteiger charge is 2.22. The fourth-order valence-electron chi connectivity index (χ4n) is 1.59. The molecule has 14 heavy (non-hydrogen) atoms. The predicted molar refractivity (Wildman–Crippen MR) is 57.5 cm³/mol. The zero-order chi connectivity index (χ0) is 10.2. The average Bonchev–Trinajstić information content (AvgIpc) is 2.58. The van der Waals surface area contributed by atoms with Crippen LogP contribution >= 0.6 is 0 Å². The summed E-state index contributed by atoms with van der Waals surface area (Å²) in [6.45, 7) is 9.11. The van der Waals surface area contributed by atoms with Gasteiger partial charge in [-0.25, -0.2) is 0 Å². The van der Waals surface area contributed by atoms with Gasteiger partial charge in [0.2, 0.25) is 0 Å². The lowest BCUT2D eigenvalue weighted by Gasteiger charge is -2.15. The van der Waals surface area contributed by atoms with Gasteiger partial charge in [-0.3, -0.25) is 0 Å². The van der Waals surface area contributed by atoms with Gasteiger partial charge in [-0.15, -0.1) is 6.58 Å². The quantitative estimate of drug-likeness (QED) is 0.496. The van der Waals surface area contributed by atoms with Gasteiger partial charge in [-0.1, -0.05) is 6.08 Å². The number of ether oxygens (including phenoxy) is 2. The summed E-state index contributed by atoms with van der Waals surface area (Å²) in [7, 11) is 0. The van der Waals surface area contributed by atoms with Crippen LogP contribution in [0.15, 0.2) is 12.7 Å². The summed E-state index contributed by atoms with van der Waals surface area (Å²) >= 11 is 0. The molecule has 3 nitrogen and oxygen atoms in total. The van der Waals surface area contributed by atoms with Crippen molar-refractivity contribution in [1.82, 2.24) is 5.32 Å². The molecule has 0 saturated carbocycles. The molecule has 1 saturated heterocycles. The van der Waals surface area contributed by atoms with E-state index in [0.29, 0.717) is 12.1 Å². The summed E-state index contributed by atoms with van der Waals surface area (Å²) in [5.74, 6) is 0. The van der Waals surface area contributed by atoms with E-state index in [2.05, 4.69) is 18.8 Å². The molecule has 0 spiro atoms. The lowest BCUT2D eigenvalue weighted by Crippen LogP contribution is -2.36. The Morgan fingerprint density at radius 2 is 2.43 bits per heavy atom. The van der Waals surface area contributed by atoms with Crippen LogP contribution in [-0.4, -0.2) is 38.5 Å². The van der Waals surface area contributed by atoms with E-state index in [9.17, 15) is 0 Å². The molecule has 1 N–H and O–H groups in total. The molecule has 1 rings (SSSR count). The van der Waals surface area contributed by atoms with Crippen molar-refractivity contribution in [3.63, 3.8) is 0 Å². The Bertz CT molecular complexity index is 161. The van der Waals surface area contributed by atoms with Crippen molar-refractivity contribution in [2.75, 3.05) is 26.4 Å². The van der Waals surface area contributed by atoms with E-state index >= 15 is 0 Å². The Hall–Kier alpha value is -0.380. The van der Waals surface area contributed by atoms with Gasteiger partial charge in [-0.2, -0.15) is 0 Å². The van der Waals surface area contributed by atoms with E-state index < -0.39 is 0 Å². The SMILES string of the molecule is C=CCCOCCNC1CCOC1C. The molecule has 0 aromatic heterocycles. The molecule has 82 valence electrons. The minimum Gasteiger partial charge on any atom is -0.380 e. The lowest BCUT2D eigenvalue weighted by atomic mass is 10.1. The van der Waals surface area contributed by atoms with Crippen LogP contribution in [-0.2, 0) is 9.47 Å². The molecule has 2 atom stereocenters. The van der Waals surface area contributed by atoms with Crippen LogP contribution in [0.3, 0.4) is 0 Å². The largest absolute Gasteiger partial charge is 0.380 e. The molecule has 1 heterocycles. The van der Waals surface area contributed by atoms with Crippen molar-refractivity contribution in [2.45, 2.75) is 31.9 Å². The maximum Gasteiger partial charge on any atom is 0.0700 e. The number of nitrogens with one attached hydrogen (secondary N) is 1. The molecule has 0 aliphatic carbocycles. The van der Waals surface area contributed by atoms with Gasteiger partial charge in [0.1, 0.15) is 0 Å². The zero-order valence-electron chi connectivity index (χ0n) is 9.00. The molecule has 1 aliphatic rings. The summed E-state index contributed by atoms with van der Waals surface area (Å²) in [5, 5.41) is 3.43. The Kier molecular flexibility index (Phi) is 5.83. The fraction of sp³-hybridized carbons (Fsp3) is 0.818. The highest BCUT2D eigenvalue weighted by atomic mass is 16.5. The van der Waals surface area contributed by atoms with Gasteiger partial charge in [0.25, 0.3) is 0 Å². The first-order valence-corrected chi connectivity index (χ1v) is 5.38. The lowest BCUT2D eigenvalue weighted by molar-refractivity contribution is 0.106. The van der Waals surface area contributed by atoms with Crippen LogP contribution < -0.4 is 5.32 Å². The van der Waals surface area contributed by atoms with Crippen molar-refractivity contribution in [3.8, 4) is 0 Å². The molecule has 1 fully saturated rings. The summed E-state index contributed by atoms with van der Waals surface area (Å²) < 4.78 is 10.8. The average molecular weight is 199 g/mol. The van der Waals surface area contributed by atoms with E-state index in [1.54, 1.807) is 0 Å². The molecule has 0 aromatic carbocycles. The van der Waals surface area contributed by atoms with Crippen molar-refractivity contribution >= 4 is 0 Å². The summed E-state index contributed by atoms with van der Waals surface area (Å²) in [5.41, 5.74) is 0. The Labute approximate surface area is 86.5 Å². The van der Waals surface area contributed by atoms with E-state index in [1.165, 1.54) is 0 Å². The maximum absolute atomic E-state index is 5.44. The zero-order valence-corrected chi connectivity index (χ0v) is 9.00. The standard InChI is InChI=1S/C11H21NO2/c1-3-4-7-13-9-6-12-11-5-8-14-10(11)2/h3,10-12H,1,4-9H2,2H3. The molecule has 0 amide bonds. The van der Waals surface area contributed by atoms with Crippen LogP contribution in [0, 0.1) is 0 Å². The smallest absolute Gasteiger partial charge is 0.0700 e. The van der Waals surface area contributed by atoms with Gasteiger partial charge < -0.3 is 14.8 Å². The second-order valence-corrected chi connectivity index (χ2v) is 3.61. The van der Waals surface area contributed by atoms with E-state index in [1.807, 2.05) is 6.08 Å². The number of hydrogen-bond donors (Lipinski definition) is 1. The van der Waals surface area contributed by atoms with Crippen LogP contribution in [0.25, 0.3) is 0 Å². The van der Waals surface area contributed by atoms with Gasteiger partial charge in [0.15, 0.2) is 0 Å². The third kappa shape index (κ3) is 4.22. The first-order chi connectivity index (χ1) is 6.84. The molecule has 0 aromatic rings. The molecule has 1 aliphatic heterocycles. The monoisotopic (exact) mass is 199 g/mol. The van der Waals surface area contributed by atoms with E-state index in [0.717, 1.165) is 39.2 Å². The van der Waals surface area contributed by atoms with Crippen LogP contribution in [0.4, 0.5) is 0 Å². The highest BCUT2D eigenvalue weighted by Crippen LogP contribution is 2.11. The Balaban J connectivity index is 1.90.